The van der Waals surface area contributed by atoms with Crippen LogP contribution in [-0.2, 0) is 9.59 Å². The van der Waals surface area contributed by atoms with Crippen LogP contribution in [0.1, 0.15) is 6.42 Å². The minimum absolute atomic E-state index is 0.153. The average molecular weight is 280 g/mol. The molecule has 1 aliphatic rings. The molecule has 1 aliphatic carbocycles. The Bertz CT molecular complexity index is 585. The molecule has 8 nitrogen and oxygen atoms in total. The SMILES string of the molecule is COc1cc([N+](=O)[O-])ccc1NC(=O)[C@@H]1C[C@@H]1C(=O)O. The summed E-state index contributed by atoms with van der Waals surface area (Å²) in [4.78, 5) is 32.6. The topological polar surface area (TPSA) is 119 Å². The summed E-state index contributed by atoms with van der Waals surface area (Å²) < 4.78 is 4.98. The number of anilines is 1. The van der Waals surface area contributed by atoms with Crippen LogP contribution in [0.2, 0.25) is 0 Å². The first-order chi connectivity index (χ1) is 9.43. The smallest absolute Gasteiger partial charge is 0.307 e. The number of nitro benzene ring substituents is 1. The van der Waals surface area contributed by atoms with Gasteiger partial charge in [0.05, 0.1) is 35.6 Å². The van der Waals surface area contributed by atoms with Crippen LogP contribution in [0.4, 0.5) is 11.4 Å². The van der Waals surface area contributed by atoms with Crippen LogP contribution in [0.15, 0.2) is 18.2 Å². The summed E-state index contributed by atoms with van der Waals surface area (Å²) >= 11 is 0. The van der Waals surface area contributed by atoms with E-state index < -0.39 is 28.6 Å². The first-order valence-electron chi connectivity index (χ1n) is 5.80. The lowest BCUT2D eigenvalue weighted by Crippen LogP contribution is -2.17. The molecule has 0 aromatic heterocycles. The van der Waals surface area contributed by atoms with Crippen molar-refractivity contribution in [2.45, 2.75) is 6.42 Å². The molecule has 1 amide bonds. The molecule has 8 heteroatoms. The number of methoxy groups -OCH3 is 1. The molecule has 20 heavy (non-hydrogen) atoms. The van der Waals surface area contributed by atoms with Gasteiger partial charge in [0, 0.05) is 6.07 Å². The van der Waals surface area contributed by atoms with E-state index in [1.165, 1.54) is 25.3 Å². The Morgan fingerprint density at radius 1 is 1.45 bits per heavy atom. The van der Waals surface area contributed by atoms with E-state index in [-0.39, 0.29) is 17.1 Å². The van der Waals surface area contributed by atoms with Gasteiger partial charge in [-0.05, 0) is 12.5 Å². The zero-order valence-electron chi connectivity index (χ0n) is 10.5. The maximum absolute atomic E-state index is 11.8. The van der Waals surface area contributed by atoms with Gasteiger partial charge in [-0.3, -0.25) is 19.7 Å². The number of benzene rings is 1. The molecule has 2 rings (SSSR count). The van der Waals surface area contributed by atoms with E-state index in [0.717, 1.165) is 0 Å². The number of carboxylic acid groups (broad SMARTS) is 1. The van der Waals surface area contributed by atoms with Gasteiger partial charge in [0.1, 0.15) is 5.75 Å². The Morgan fingerprint density at radius 3 is 2.65 bits per heavy atom. The lowest BCUT2D eigenvalue weighted by molar-refractivity contribution is -0.384. The average Bonchev–Trinajstić information content (AvgIpc) is 3.19. The zero-order chi connectivity index (χ0) is 14.9. The Kier molecular flexibility index (Phi) is 3.55. The number of hydrogen-bond donors (Lipinski definition) is 2. The Balaban J connectivity index is 2.12. The minimum atomic E-state index is -0.999. The van der Waals surface area contributed by atoms with Gasteiger partial charge in [-0.2, -0.15) is 0 Å². The van der Waals surface area contributed by atoms with Gasteiger partial charge in [-0.15, -0.1) is 0 Å². The second-order valence-corrected chi connectivity index (χ2v) is 4.42. The van der Waals surface area contributed by atoms with Crippen molar-refractivity contribution in [1.82, 2.24) is 0 Å². The van der Waals surface area contributed by atoms with Crippen LogP contribution in [0.5, 0.6) is 5.75 Å². The van der Waals surface area contributed by atoms with Crippen LogP contribution in [-0.4, -0.2) is 29.0 Å². The highest BCUT2D eigenvalue weighted by molar-refractivity contribution is 5.99. The quantitative estimate of drug-likeness (QED) is 0.619. The third-order valence-corrected chi connectivity index (χ3v) is 3.10. The summed E-state index contributed by atoms with van der Waals surface area (Å²) in [6.07, 6.45) is 0.302. The Hall–Kier alpha value is -2.64. The van der Waals surface area contributed by atoms with E-state index in [1.54, 1.807) is 0 Å². The van der Waals surface area contributed by atoms with Crippen molar-refractivity contribution in [3.8, 4) is 5.75 Å². The van der Waals surface area contributed by atoms with Crippen molar-refractivity contribution >= 4 is 23.3 Å². The number of hydrogen-bond acceptors (Lipinski definition) is 5. The summed E-state index contributed by atoms with van der Waals surface area (Å²) in [6.45, 7) is 0. The summed E-state index contributed by atoms with van der Waals surface area (Å²) in [5, 5.41) is 21.9. The predicted octanol–water partition coefficient (Wildman–Crippen LogP) is 1.26. The second kappa shape index (κ2) is 5.16. The number of non-ortho nitro benzene ring substituents is 1. The van der Waals surface area contributed by atoms with Gasteiger partial charge >= 0.3 is 5.97 Å². The summed E-state index contributed by atoms with van der Waals surface area (Å²) in [5.74, 6) is -2.49. The van der Waals surface area contributed by atoms with Gasteiger partial charge in [-0.25, -0.2) is 0 Å². The van der Waals surface area contributed by atoms with Crippen LogP contribution in [0, 0.1) is 22.0 Å². The number of nitrogens with one attached hydrogen (secondary N) is 1. The van der Waals surface area contributed by atoms with Crippen molar-refractivity contribution in [3.63, 3.8) is 0 Å². The fourth-order valence-electron chi connectivity index (χ4n) is 1.88. The molecule has 106 valence electrons. The number of rotatable bonds is 5. The molecule has 0 spiro atoms. The van der Waals surface area contributed by atoms with Gasteiger partial charge in [-0.1, -0.05) is 0 Å². The van der Waals surface area contributed by atoms with Crippen LogP contribution in [0.25, 0.3) is 0 Å². The highest BCUT2D eigenvalue weighted by Gasteiger charge is 2.48. The van der Waals surface area contributed by atoms with E-state index in [4.69, 9.17) is 9.84 Å². The number of carbonyl (C=O) groups is 2. The number of amides is 1. The first-order valence-corrected chi connectivity index (χ1v) is 5.80. The van der Waals surface area contributed by atoms with Crippen LogP contribution < -0.4 is 10.1 Å². The normalized spacial score (nSPS) is 20.1. The van der Waals surface area contributed by atoms with Gasteiger partial charge in [0.15, 0.2) is 0 Å². The van der Waals surface area contributed by atoms with E-state index in [1.807, 2.05) is 0 Å². The zero-order valence-corrected chi connectivity index (χ0v) is 10.5. The third kappa shape index (κ3) is 2.68. The second-order valence-electron chi connectivity index (χ2n) is 4.42. The number of nitrogens with zero attached hydrogens (tertiary/aromatic N) is 1. The number of nitro groups is 1. The van der Waals surface area contributed by atoms with Crippen molar-refractivity contribution < 1.29 is 24.4 Å². The minimum Gasteiger partial charge on any atom is -0.494 e. The molecule has 1 aromatic rings. The molecule has 0 heterocycles. The molecule has 0 radical (unpaired) electrons. The lowest BCUT2D eigenvalue weighted by Gasteiger charge is -2.09. The third-order valence-electron chi connectivity index (χ3n) is 3.10. The summed E-state index contributed by atoms with van der Waals surface area (Å²) in [6, 6.07) is 3.78. The predicted molar refractivity (Wildman–Crippen MR) is 67.5 cm³/mol. The fourth-order valence-corrected chi connectivity index (χ4v) is 1.88. The number of aliphatic carboxylic acids is 1. The molecule has 0 saturated heterocycles. The molecular formula is C12H12N2O6. The standard InChI is InChI=1S/C12H12N2O6/c1-20-10-4-6(14(18)19)2-3-9(10)13-11(15)7-5-8(7)12(16)17/h2-4,7-8H,5H2,1H3,(H,13,15)(H,16,17)/t7-,8+/m1/s1. The van der Waals surface area contributed by atoms with Crippen molar-refractivity contribution in [2.24, 2.45) is 11.8 Å². The lowest BCUT2D eigenvalue weighted by atomic mass is 10.2. The summed E-state index contributed by atoms with van der Waals surface area (Å²) in [5.41, 5.74) is 0.119. The largest absolute Gasteiger partial charge is 0.494 e. The van der Waals surface area contributed by atoms with Gasteiger partial charge in [0.2, 0.25) is 5.91 Å². The van der Waals surface area contributed by atoms with E-state index in [9.17, 15) is 19.7 Å². The van der Waals surface area contributed by atoms with Crippen LogP contribution in [0.3, 0.4) is 0 Å². The van der Waals surface area contributed by atoms with E-state index in [0.29, 0.717) is 6.42 Å². The molecule has 2 N–H and O–H groups in total. The van der Waals surface area contributed by atoms with Crippen LogP contribution >= 0.6 is 0 Å². The van der Waals surface area contributed by atoms with Crippen molar-refractivity contribution in [2.75, 3.05) is 12.4 Å². The Labute approximate surface area is 113 Å². The van der Waals surface area contributed by atoms with Crippen molar-refractivity contribution in [3.05, 3.63) is 28.3 Å². The monoisotopic (exact) mass is 280 g/mol. The highest BCUT2D eigenvalue weighted by atomic mass is 16.6. The maximum atomic E-state index is 11.8. The highest BCUT2D eigenvalue weighted by Crippen LogP contribution is 2.40. The molecule has 1 fully saturated rings. The maximum Gasteiger partial charge on any atom is 0.307 e. The molecule has 1 aromatic carbocycles. The first kappa shape index (κ1) is 13.8. The molecular weight excluding hydrogens is 268 g/mol. The number of carbonyl (C=O) groups excluding carboxylic acids is 1. The summed E-state index contributed by atoms with van der Waals surface area (Å²) in [7, 11) is 1.33. The Morgan fingerprint density at radius 2 is 2.15 bits per heavy atom. The molecule has 0 unspecified atom stereocenters. The number of carboxylic acids is 1. The molecule has 0 aliphatic heterocycles. The number of ether oxygens (including phenoxy) is 1. The van der Waals surface area contributed by atoms with Crippen molar-refractivity contribution in [1.29, 1.82) is 0 Å². The molecule has 1 saturated carbocycles. The van der Waals surface area contributed by atoms with Gasteiger partial charge in [0.25, 0.3) is 5.69 Å². The fraction of sp³-hybridized carbons (Fsp3) is 0.333. The molecule has 2 atom stereocenters. The molecule has 0 bridgehead atoms. The van der Waals surface area contributed by atoms with E-state index in [2.05, 4.69) is 5.32 Å². The van der Waals surface area contributed by atoms with Gasteiger partial charge < -0.3 is 15.2 Å². The van der Waals surface area contributed by atoms with E-state index >= 15 is 0 Å².